The van der Waals surface area contributed by atoms with E-state index in [-0.39, 0.29) is 17.7 Å². The Morgan fingerprint density at radius 2 is 1.87 bits per heavy atom. The minimum absolute atomic E-state index is 0.0632. The van der Waals surface area contributed by atoms with Crippen LogP contribution in [0.25, 0.3) is 0 Å². The third-order valence-electron chi connectivity index (χ3n) is 2.96. The number of carbonyl (C=O) groups is 2. The van der Waals surface area contributed by atoms with Gasteiger partial charge in [-0.25, -0.2) is 0 Å². The van der Waals surface area contributed by atoms with Crippen molar-refractivity contribution in [1.82, 2.24) is 0 Å². The molecule has 15 heavy (non-hydrogen) atoms. The first kappa shape index (κ1) is 10.8. The zero-order valence-electron chi connectivity index (χ0n) is 9.12. The molecule has 1 heterocycles. The van der Waals surface area contributed by atoms with Gasteiger partial charge in [-0.3, -0.25) is 9.59 Å². The van der Waals surface area contributed by atoms with Crippen molar-refractivity contribution >= 4 is 11.6 Å². The molecule has 4 nitrogen and oxygen atoms in total. The Kier molecular flexibility index (Phi) is 2.64. The molecule has 1 saturated carbocycles. The van der Waals surface area contributed by atoms with Gasteiger partial charge in [0.1, 0.15) is 11.6 Å². The summed E-state index contributed by atoms with van der Waals surface area (Å²) in [6, 6.07) is 0. The molecule has 0 N–H and O–H groups in total. The lowest BCUT2D eigenvalue weighted by Gasteiger charge is -2.18. The van der Waals surface area contributed by atoms with Crippen LogP contribution in [0, 0.1) is 5.92 Å². The SMILES string of the molecule is CC1(C)OC[C@H](CC2C(=O)CCC2=O)O1. The Bertz CT molecular complexity index is 279. The molecule has 1 saturated heterocycles. The van der Waals surface area contributed by atoms with Crippen LogP contribution < -0.4 is 0 Å². The number of ether oxygens (including phenoxy) is 2. The Hall–Kier alpha value is -0.740. The Balaban J connectivity index is 1.93. The van der Waals surface area contributed by atoms with E-state index in [9.17, 15) is 9.59 Å². The number of ketones is 2. The van der Waals surface area contributed by atoms with Crippen molar-refractivity contribution in [2.24, 2.45) is 5.92 Å². The highest BCUT2D eigenvalue weighted by Crippen LogP contribution is 2.29. The number of Topliss-reactive ketones (excluding diaryl/α,β-unsaturated/α-hetero) is 2. The highest BCUT2D eigenvalue weighted by Gasteiger charge is 2.39. The monoisotopic (exact) mass is 212 g/mol. The molecule has 0 bridgehead atoms. The minimum atomic E-state index is -0.574. The third kappa shape index (κ3) is 2.26. The number of hydrogen-bond donors (Lipinski definition) is 0. The molecule has 1 aliphatic heterocycles. The van der Waals surface area contributed by atoms with Crippen LogP contribution in [0.3, 0.4) is 0 Å². The van der Waals surface area contributed by atoms with Crippen LogP contribution in [0.1, 0.15) is 33.1 Å². The fraction of sp³-hybridized carbons (Fsp3) is 0.818. The van der Waals surface area contributed by atoms with E-state index >= 15 is 0 Å². The number of hydrogen-bond acceptors (Lipinski definition) is 4. The molecule has 0 amide bonds. The molecule has 2 fully saturated rings. The molecule has 0 radical (unpaired) electrons. The normalized spacial score (nSPS) is 31.5. The summed E-state index contributed by atoms with van der Waals surface area (Å²) >= 11 is 0. The highest BCUT2D eigenvalue weighted by atomic mass is 16.7. The molecule has 2 aliphatic rings. The molecule has 0 unspecified atom stereocenters. The van der Waals surface area contributed by atoms with Crippen molar-refractivity contribution in [3.8, 4) is 0 Å². The average Bonchev–Trinajstić information content (AvgIpc) is 2.63. The predicted octanol–water partition coefficient (Wildman–Crippen LogP) is 1.08. The maximum Gasteiger partial charge on any atom is 0.163 e. The maximum absolute atomic E-state index is 11.4. The summed E-state index contributed by atoms with van der Waals surface area (Å²) in [6.45, 7) is 4.15. The zero-order valence-corrected chi connectivity index (χ0v) is 9.12. The molecule has 1 atom stereocenters. The van der Waals surface area contributed by atoms with Gasteiger partial charge in [-0.05, 0) is 20.3 Å². The number of rotatable bonds is 2. The average molecular weight is 212 g/mol. The second kappa shape index (κ2) is 3.68. The zero-order chi connectivity index (χ0) is 11.1. The molecule has 2 rings (SSSR count). The molecule has 0 aromatic rings. The van der Waals surface area contributed by atoms with Crippen LogP contribution in [0.4, 0.5) is 0 Å². The van der Waals surface area contributed by atoms with E-state index < -0.39 is 11.7 Å². The third-order valence-corrected chi connectivity index (χ3v) is 2.96. The van der Waals surface area contributed by atoms with E-state index in [4.69, 9.17) is 9.47 Å². The van der Waals surface area contributed by atoms with Crippen molar-refractivity contribution in [1.29, 1.82) is 0 Å². The van der Waals surface area contributed by atoms with Gasteiger partial charge in [0, 0.05) is 12.8 Å². The van der Waals surface area contributed by atoms with Gasteiger partial charge < -0.3 is 9.47 Å². The van der Waals surface area contributed by atoms with E-state index in [0.29, 0.717) is 25.9 Å². The molecule has 0 aromatic heterocycles. The fourth-order valence-corrected chi connectivity index (χ4v) is 2.18. The summed E-state index contributed by atoms with van der Waals surface area (Å²) in [7, 11) is 0. The van der Waals surface area contributed by atoms with Gasteiger partial charge in [0.25, 0.3) is 0 Å². The standard InChI is InChI=1S/C11H16O4/c1-11(2)14-6-7(15-11)5-8-9(12)3-4-10(8)13/h7-8H,3-6H2,1-2H3/t7-/m0/s1. The van der Waals surface area contributed by atoms with Crippen LogP contribution in [-0.4, -0.2) is 30.1 Å². The van der Waals surface area contributed by atoms with E-state index in [0.717, 1.165) is 0 Å². The van der Waals surface area contributed by atoms with Gasteiger partial charge in [0.05, 0.1) is 18.6 Å². The maximum atomic E-state index is 11.4. The van der Waals surface area contributed by atoms with Gasteiger partial charge >= 0.3 is 0 Å². The van der Waals surface area contributed by atoms with Crippen LogP contribution >= 0.6 is 0 Å². The Morgan fingerprint density at radius 1 is 1.27 bits per heavy atom. The van der Waals surface area contributed by atoms with E-state index in [2.05, 4.69) is 0 Å². The van der Waals surface area contributed by atoms with Crippen molar-refractivity contribution < 1.29 is 19.1 Å². The Morgan fingerprint density at radius 3 is 2.33 bits per heavy atom. The van der Waals surface area contributed by atoms with Crippen LogP contribution in [0.5, 0.6) is 0 Å². The fourth-order valence-electron chi connectivity index (χ4n) is 2.18. The molecule has 0 aromatic carbocycles. The highest BCUT2D eigenvalue weighted by molar-refractivity contribution is 6.08. The lowest BCUT2D eigenvalue weighted by atomic mass is 9.98. The van der Waals surface area contributed by atoms with Crippen LogP contribution in [0.15, 0.2) is 0 Å². The van der Waals surface area contributed by atoms with Crippen molar-refractivity contribution in [2.45, 2.75) is 45.0 Å². The smallest absolute Gasteiger partial charge is 0.163 e. The van der Waals surface area contributed by atoms with Gasteiger partial charge in [-0.15, -0.1) is 0 Å². The first-order valence-electron chi connectivity index (χ1n) is 5.35. The summed E-state index contributed by atoms with van der Waals surface area (Å²) in [4.78, 5) is 22.8. The van der Waals surface area contributed by atoms with Gasteiger partial charge in [0.15, 0.2) is 5.79 Å². The van der Waals surface area contributed by atoms with E-state index in [1.165, 1.54) is 0 Å². The molecule has 0 spiro atoms. The summed E-state index contributed by atoms with van der Waals surface area (Å²) in [6.07, 6.45) is 1.18. The van der Waals surface area contributed by atoms with Crippen LogP contribution in [-0.2, 0) is 19.1 Å². The summed E-state index contributed by atoms with van der Waals surface area (Å²) in [5.41, 5.74) is 0. The molecular weight excluding hydrogens is 196 g/mol. The largest absolute Gasteiger partial charge is 0.348 e. The lowest BCUT2D eigenvalue weighted by Crippen LogP contribution is -2.25. The molecular formula is C11H16O4. The Labute approximate surface area is 88.9 Å². The van der Waals surface area contributed by atoms with Crippen molar-refractivity contribution in [3.63, 3.8) is 0 Å². The van der Waals surface area contributed by atoms with Crippen molar-refractivity contribution in [3.05, 3.63) is 0 Å². The quantitative estimate of drug-likeness (QED) is 0.643. The van der Waals surface area contributed by atoms with E-state index in [1.54, 1.807) is 0 Å². The minimum Gasteiger partial charge on any atom is -0.348 e. The first-order chi connectivity index (χ1) is 6.98. The van der Waals surface area contributed by atoms with Gasteiger partial charge in [0.2, 0.25) is 0 Å². The lowest BCUT2D eigenvalue weighted by molar-refractivity contribution is -0.144. The van der Waals surface area contributed by atoms with Gasteiger partial charge in [-0.2, -0.15) is 0 Å². The van der Waals surface area contributed by atoms with Gasteiger partial charge in [-0.1, -0.05) is 0 Å². The van der Waals surface area contributed by atoms with Crippen molar-refractivity contribution in [2.75, 3.05) is 6.61 Å². The second-order valence-corrected chi connectivity index (χ2v) is 4.67. The second-order valence-electron chi connectivity index (χ2n) is 4.67. The number of carbonyl (C=O) groups excluding carboxylic acids is 2. The molecule has 84 valence electrons. The topological polar surface area (TPSA) is 52.6 Å². The molecule has 4 heteroatoms. The summed E-state index contributed by atoms with van der Waals surface area (Å²) < 4.78 is 11.0. The van der Waals surface area contributed by atoms with E-state index in [1.807, 2.05) is 13.8 Å². The summed E-state index contributed by atoms with van der Waals surface area (Å²) in [5.74, 6) is -0.885. The summed E-state index contributed by atoms with van der Waals surface area (Å²) in [5, 5.41) is 0. The van der Waals surface area contributed by atoms with Crippen LogP contribution in [0.2, 0.25) is 0 Å². The predicted molar refractivity (Wildman–Crippen MR) is 52.3 cm³/mol. The molecule has 1 aliphatic carbocycles. The first-order valence-corrected chi connectivity index (χ1v) is 5.35.